The number of hydrogen-bond acceptors (Lipinski definition) is 2. The molecule has 0 aromatic heterocycles. The fourth-order valence-electron chi connectivity index (χ4n) is 2.59. The molecule has 0 aliphatic carbocycles. The molecule has 80 valence electrons. The summed E-state index contributed by atoms with van der Waals surface area (Å²) in [7, 11) is 0. The minimum Gasteiger partial charge on any atom is -0.381 e. The number of ether oxygens (including phenoxy) is 1. The molecule has 2 aliphatic heterocycles. The van der Waals surface area contributed by atoms with Gasteiger partial charge in [-0.3, -0.25) is 0 Å². The van der Waals surface area contributed by atoms with E-state index in [-0.39, 0.29) is 5.54 Å². The molecule has 0 amide bonds. The van der Waals surface area contributed by atoms with Gasteiger partial charge in [0.2, 0.25) is 0 Å². The fraction of sp³-hybridized carbons (Fsp3) is 0.500. The predicted molar refractivity (Wildman–Crippen MR) is 64.3 cm³/mol. The fourth-order valence-corrected chi connectivity index (χ4v) is 3.10. The Morgan fingerprint density at radius 2 is 2.07 bits per heavy atom. The summed E-state index contributed by atoms with van der Waals surface area (Å²) in [5.41, 5.74) is 3.00. The van der Waals surface area contributed by atoms with Gasteiger partial charge in [-0.25, -0.2) is 0 Å². The average molecular weight is 268 g/mol. The van der Waals surface area contributed by atoms with E-state index in [1.165, 1.54) is 15.7 Å². The molecule has 1 aromatic rings. The molecule has 1 aromatic carbocycles. The van der Waals surface area contributed by atoms with Gasteiger partial charge in [0, 0.05) is 23.2 Å². The Labute approximate surface area is 98.1 Å². The number of anilines is 1. The first-order valence-electron chi connectivity index (χ1n) is 5.42. The Morgan fingerprint density at radius 3 is 2.80 bits per heavy atom. The van der Waals surface area contributed by atoms with Gasteiger partial charge in [0.05, 0.1) is 5.69 Å². The summed E-state index contributed by atoms with van der Waals surface area (Å²) in [6.45, 7) is 1.78. The Balaban J connectivity index is 1.94. The van der Waals surface area contributed by atoms with Crippen molar-refractivity contribution in [3.63, 3.8) is 0 Å². The van der Waals surface area contributed by atoms with E-state index < -0.39 is 0 Å². The van der Waals surface area contributed by atoms with Crippen molar-refractivity contribution >= 4 is 21.6 Å². The number of halogens is 1. The van der Waals surface area contributed by atoms with Gasteiger partial charge in [-0.15, -0.1) is 0 Å². The monoisotopic (exact) mass is 267 g/mol. The minimum atomic E-state index is 0.268. The maximum Gasteiger partial charge on any atom is 0.0522 e. The number of benzene rings is 1. The third kappa shape index (κ3) is 1.58. The molecule has 3 rings (SSSR count). The molecule has 1 saturated heterocycles. The maximum absolute atomic E-state index is 5.43. The molecule has 1 fully saturated rings. The third-order valence-corrected chi connectivity index (χ3v) is 4.13. The van der Waals surface area contributed by atoms with Crippen molar-refractivity contribution in [3.05, 3.63) is 28.2 Å². The van der Waals surface area contributed by atoms with Crippen molar-refractivity contribution in [1.29, 1.82) is 0 Å². The molecule has 2 nitrogen and oxygen atoms in total. The van der Waals surface area contributed by atoms with Gasteiger partial charge in [0.15, 0.2) is 0 Å². The average Bonchev–Trinajstić information content (AvgIpc) is 2.59. The molecule has 0 radical (unpaired) electrons. The maximum atomic E-state index is 5.43. The molecule has 15 heavy (non-hydrogen) atoms. The van der Waals surface area contributed by atoms with Crippen LogP contribution in [0.3, 0.4) is 0 Å². The number of nitrogens with one attached hydrogen (secondary N) is 1. The van der Waals surface area contributed by atoms with E-state index in [0.717, 1.165) is 32.5 Å². The van der Waals surface area contributed by atoms with E-state index in [4.69, 9.17) is 4.74 Å². The first kappa shape index (κ1) is 9.67. The van der Waals surface area contributed by atoms with E-state index in [2.05, 4.69) is 39.4 Å². The topological polar surface area (TPSA) is 21.3 Å². The van der Waals surface area contributed by atoms with Gasteiger partial charge >= 0.3 is 0 Å². The summed E-state index contributed by atoms with van der Waals surface area (Å²) in [4.78, 5) is 0. The van der Waals surface area contributed by atoms with E-state index in [1.807, 2.05) is 0 Å². The Hall–Kier alpha value is -0.540. The zero-order valence-corrected chi connectivity index (χ0v) is 10.1. The van der Waals surface area contributed by atoms with Crippen LogP contribution >= 0.6 is 15.9 Å². The number of fused-ring (bicyclic) bond motifs is 1. The summed E-state index contributed by atoms with van der Waals surface area (Å²) in [5, 5.41) is 3.69. The molecule has 0 saturated carbocycles. The quantitative estimate of drug-likeness (QED) is 0.781. The lowest BCUT2D eigenvalue weighted by Gasteiger charge is -2.34. The van der Waals surface area contributed by atoms with E-state index in [0.29, 0.717) is 0 Å². The minimum absolute atomic E-state index is 0.268. The van der Waals surface area contributed by atoms with E-state index >= 15 is 0 Å². The lowest BCUT2D eigenvalue weighted by Crippen LogP contribution is -2.41. The second-order valence-electron chi connectivity index (χ2n) is 4.47. The van der Waals surface area contributed by atoms with E-state index in [1.54, 1.807) is 0 Å². The number of para-hydroxylation sites is 1. The van der Waals surface area contributed by atoms with Crippen LogP contribution < -0.4 is 5.32 Å². The van der Waals surface area contributed by atoms with Crippen LogP contribution in [0, 0.1) is 0 Å². The van der Waals surface area contributed by atoms with Gasteiger partial charge in [-0.2, -0.15) is 0 Å². The highest BCUT2D eigenvalue weighted by Crippen LogP contribution is 2.41. The Morgan fingerprint density at radius 1 is 1.27 bits per heavy atom. The van der Waals surface area contributed by atoms with Crippen LogP contribution in [0.2, 0.25) is 0 Å². The lowest BCUT2D eigenvalue weighted by molar-refractivity contribution is 0.0624. The summed E-state index contributed by atoms with van der Waals surface area (Å²) in [5.74, 6) is 0. The van der Waals surface area contributed by atoms with Crippen LogP contribution in [0.25, 0.3) is 0 Å². The third-order valence-electron chi connectivity index (χ3n) is 3.47. The first-order chi connectivity index (χ1) is 7.29. The highest BCUT2D eigenvalue weighted by molar-refractivity contribution is 9.10. The lowest BCUT2D eigenvalue weighted by atomic mass is 9.87. The molecule has 3 heteroatoms. The smallest absolute Gasteiger partial charge is 0.0522 e. The number of hydrogen-bond donors (Lipinski definition) is 1. The molecule has 0 bridgehead atoms. The van der Waals surface area contributed by atoms with Crippen molar-refractivity contribution in [2.75, 3.05) is 18.5 Å². The summed E-state index contributed by atoms with van der Waals surface area (Å²) in [6, 6.07) is 6.43. The summed E-state index contributed by atoms with van der Waals surface area (Å²) < 4.78 is 6.62. The van der Waals surface area contributed by atoms with Gasteiger partial charge in [-0.1, -0.05) is 12.1 Å². The van der Waals surface area contributed by atoms with Gasteiger partial charge < -0.3 is 10.1 Å². The zero-order valence-electron chi connectivity index (χ0n) is 8.55. The predicted octanol–water partition coefficient (Wildman–Crippen LogP) is 2.97. The normalized spacial score (nSPS) is 22.5. The number of rotatable bonds is 0. The molecule has 0 atom stereocenters. The van der Waals surface area contributed by atoms with Crippen LogP contribution in [0.5, 0.6) is 0 Å². The van der Waals surface area contributed by atoms with Crippen LogP contribution in [-0.4, -0.2) is 18.8 Å². The first-order valence-corrected chi connectivity index (χ1v) is 6.22. The van der Waals surface area contributed by atoms with Gasteiger partial charge in [0.1, 0.15) is 0 Å². The second-order valence-corrected chi connectivity index (χ2v) is 5.32. The molecule has 1 spiro atoms. The SMILES string of the molecule is Brc1cccc2c1NC1(CCOCC1)C2. The zero-order chi connectivity index (χ0) is 10.3. The van der Waals surface area contributed by atoms with Crippen molar-refractivity contribution in [2.45, 2.75) is 24.8 Å². The second kappa shape index (κ2) is 3.49. The molecular formula is C12H14BrNO. The largest absolute Gasteiger partial charge is 0.381 e. The van der Waals surface area contributed by atoms with Crippen molar-refractivity contribution < 1.29 is 4.74 Å². The highest BCUT2D eigenvalue weighted by Gasteiger charge is 2.38. The van der Waals surface area contributed by atoms with Crippen LogP contribution in [0.15, 0.2) is 22.7 Å². The van der Waals surface area contributed by atoms with Crippen LogP contribution in [0.4, 0.5) is 5.69 Å². The molecule has 2 heterocycles. The molecular weight excluding hydrogens is 254 g/mol. The standard InChI is InChI=1S/C12H14BrNO/c13-10-3-1-2-9-8-12(14-11(9)10)4-6-15-7-5-12/h1-3,14H,4-8H2. The Bertz CT molecular complexity index is 385. The molecule has 2 aliphatic rings. The van der Waals surface area contributed by atoms with E-state index in [9.17, 15) is 0 Å². The van der Waals surface area contributed by atoms with Crippen LogP contribution in [0.1, 0.15) is 18.4 Å². The van der Waals surface area contributed by atoms with Crippen molar-refractivity contribution in [3.8, 4) is 0 Å². The van der Waals surface area contributed by atoms with Crippen molar-refractivity contribution in [2.24, 2.45) is 0 Å². The Kier molecular flexibility index (Phi) is 2.25. The molecule has 0 unspecified atom stereocenters. The van der Waals surface area contributed by atoms with Gasteiger partial charge in [0.25, 0.3) is 0 Å². The van der Waals surface area contributed by atoms with Crippen molar-refractivity contribution in [1.82, 2.24) is 0 Å². The van der Waals surface area contributed by atoms with Crippen LogP contribution in [-0.2, 0) is 11.2 Å². The van der Waals surface area contributed by atoms with Gasteiger partial charge in [-0.05, 0) is 46.8 Å². The highest BCUT2D eigenvalue weighted by atomic mass is 79.9. The molecule has 1 N–H and O–H groups in total. The summed E-state index contributed by atoms with van der Waals surface area (Å²) >= 11 is 3.60. The summed E-state index contributed by atoms with van der Waals surface area (Å²) in [6.07, 6.45) is 3.38.